The zero-order chi connectivity index (χ0) is 13.1. The maximum Gasteiger partial charge on any atom is 0.210 e. The van der Waals surface area contributed by atoms with E-state index >= 15 is 0 Å². The van der Waals surface area contributed by atoms with Crippen molar-refractivity contribution in [3.05, 3.63) is 49.8 Å². The second-order valence-electron chi connectivity index (χ2n) is 3.39. The lowest BCUT2D eigenvalue weighted by Gasteiger charge is -2.05. The molecule has 0 unspecified atom stereocenters. The van der Waals surface area contributed by atoms with Crippen LogP contribution in [0, 0.1) is 5.82 Å². The Morgan fingerprint density at radius 2 is 2.17 bits per heavy atom. The molecule has 1 aromatic carbocycles. The molecule has 6 heteroatoms. The summed E-state index contributed by atoms with van der Waals surface area (Å²) in [6.45, 7) is -0.102. The molecule has 1 aromatic heterocycles. The predicted molar refractivity (Wildman–Crippen MR) is 73.3 cm³/mol. The van der Waals surface area contributed by atoms with Crippen LogP contribution in [0.2, 0.25) is 5.02 Å². The van der Waals surface area contributed by atoms with Crippen molar-refractivity contribution < 1.29 is 13.9 Å². The molecule has 0 aliphatic heterocycles. The van der Waals surface area contributed by atoms with Gasteiger partial charge in [0, 0.05) is 6.07 Å². The molecular weight excluding hydrogens is 343 g/mol. The summed E-state index contributed by atoms with van der Waals surface area (Å²) < 4.78 is 19.1. The number of thiophene rings is 1. The second kappa shape index (κ2) is 5.82. The Bertz CT molecular complexity index is 585. The van der Waals surface area contributed by atoms with Crippen molar-refractivity contribution in [2.75, 3.05) is 6.61 Å². The first-order valence-electron chi connectivity index (χ1n) is 4.92. The van der Waals surface area contributed by atoms with Crippen LogP contribution in [0.15, 0.2) is 34.1 Å². The number of Topliss-reactive ketones (excluding diaryl/α,β-unsaturated/α-hetero) is 1. The summed E-state index contributed by atoms with van der Waals surface area (Å²) in [5, 5.41) is -0.0289. The van der Waals surface area contributed by atoms with E-state index in [1.54, 1.807) is 12.1 Å². The summed E-state index contributed by atoms with van der Waals surface area (Å²) in [5.41, 5.74) is 0. The topological polar surface area (TPSA) is 26.3 Å². The van der Waals surface area contributed by atoms with Crippen molar-refractivity contribution in [3.63, 3.8) is 0 Å². The smallest absolute Gasteiger partial charge is 0.210 e. The lowest BCUT2D eigenvalue weighted by Crippen LogP contribution is -2.10. The summed E-state index contributed by atoms with van der Waals surface area (Å²) in [4.78, 5) is 12.3. The molecule has 0 saturated heterocycles. The molecule has 0 spiro atoms. The highest BCUT2D eigenvalue weighted by molar-refractivity contribution is 9.11. The maximum absolute atomic E-state index is 12.9. The second-order valence-corrected chi connectivity index (χ2v) is 6.26. The largest absolute Gasteiger partial charge is 0.485 e. The Labute approximate surface area is 120 Å². The van der Waals surface area contributed by atoms with Crippen LogP contribution in [0.5, 0.6) is 5.75 Å². The number of hydrogen-bond donors (Lipinski definition) is 0. The van der Waals surface area contributed by atoms with Crippen LogP contribution >= 0.6 is 38.9 Å². The molecule has 1 heterocycles. The first kappa shape index (κ1) is 13.5. The Morgan fingerprint density at radius 3 is 2.78 bits per heavy atom. The van der Waals surface area contributed by atoms with Crippen LogP contribution in [-0.4, -0.2) is 12.4 Å². The molecule has 2 nitrogen and oxygen atoms in total. The first-order valence-corrected chi connectivity index (χ1v) is 6.91. The van der Waals surface area contributed by atoms with Crippen molar-refractivity contribution >= 4 is 44.7 Å². The molecule has 18 heavy (non-hydrogen) atoms. The first-order chi connectivity index (χ1) is 8.56. The lowest BCUT2D eigenvalue weighted by atomic mass is 10.3. The van der Waals surface area contributed by atoms with Gasteiger partial charge in [-0.2, -0.15) is 0 Å². The molecule has 0 fully saturated rings. The Morgan fingerprint density at radius 1 is 1.39 bits per heavy atom. The standard InChI is InChI=1S/C12H7BrClFO2S/c13-12-4-3-11(18-12)10(16)6-17-7-1-2-9(15)8(14)5-7/h1-5H,6H2. The van der Waals surface area contributed by atoms with Gasteiger partial charge >= 0.3 is 0 Å². The third kappa shape index (κ3) is 3.31. The number of carbonyl (C=O) groups is 1. The summed E-state index contributed by atoms with van der Waals surface area (Å²) in [6.07, 6.45) is 0. The van der Waals surface area contributed by atoms with Crippen molar-refractivity contribution in [1.29, 1.82) is 0 Å². The van der Waals surface area contributed by atoms with Crippen molar-refractivity contribution in [2.45, 2.75) is 0 Å². The Balaban J connectivity index is 1.99. The third-order valence-electron chi connectivity index (χ3n) is 2.11. The van der Waals surface area contributed by atoms with Gasteiger partial charge < -0.3 is 4.74 Å². The summed E-state index contributed by atoms with van der Waals surface area (Å²) in [6, 6.07) is 7.49. The zero-order valence-corrected chi connectivity index (χ0v) is 12.1. The van der Waals surface area contributed by atoms with E-state index in [0.717, 1.165) is 3.79 Å². The summed E-state index contributed by atoms with van der Waals surface area (Å²) in [7, 11) is 0. The van der Waals surface area contributed by atoms with Crippen LogP contribution in [0.4, 0.5) is 4.39 Å². The highest BCUT2D eigenvalue weighted by atomic mass is 79.9. The number of benzene rings is 1. The van der Waals surface area contributed by atoms with Gasteiger partial charge in [0.05, 0.1) is 13.7 Å². The van der Waals surface area contributed by atoms with Crippen LogP contribution in [0.25, 0.3) is 0 Å². The van der Waals surface area contributed by atoms with Crippen LogP contribution in [-0.2, 0) is 0 Å². The molecule has 0 amide bonds. The molecule has 0 radical (unpaired) electrons. The molecule has 0 atom stereocenters. The Kier molecular flexibility index (Phi) is 4.37. The van der Waals surface area contributed by atoms with E-state index in [2.05, 4.69) is 15.9 Å². The molecule has 2 rings (SSSR count). The molecule has 94 valence electrons. The van der Waals surface area contributed by atoms with E-state index in [1.165, 1.54) is 29.5 Å². The van der Waals surface area contributed by atoms with Gasteiger partial charge in [0.25, 0.3) is 0 Å². The van der Waals surface area contributed by atoms with E-state index in [9.17, 15) is 9.18 Å². The van der Waals surface area contributed by atoms with E-state index < -0.39 is 5.82 Å². The molecule has 0 aliphatic carbocycles. The molecule has 0 bridgehead atoms. The number of ketones is 1. The minimum atomic E-state index is -0.516. The van der Waals surface area contributed by atoms with Gasteiger partial charge in [0.2, 0.25) is 5.78 Å². The van der Waals surface area contributed by atoms with Gasteiger partial charge in [-0.15, -0.1) is 11.3 Å². The molecule has 0 N–H and O–H groups in total. The number of ether oxygens (including phenoxy) is 1. The highest BCUT2D eigenvalue weighted by Gasteiger charge is 2.10. The van der Waals surface area contributed by atoms with Gasteiger partial charge in [0.15, 0.2) is 6.61 Å². The molecule has 2 aromatic rings. The quantitative estimate of drug-likeness (QED) is 0.756. The van der Waals surface area contributed by atoms with Gasteiger partial charge in [-0.05, 0) is 40.2 Å². The fraction of sp³-hybridized carbons (Fsp3) is 0.0833. The fourth-order valence-electron chi connectivity index (χ4n) is 1.25. The predicted octanol–water partition coefficient (Wildman–Crippen LogP) is 4.56. The van der Waals surface area contributed by atoms with Gasteiger partial charge in [0.1, 0.15) is 11.6 Å². The number of halogens is 3. The van der Waals surface area contributed by atoms with Crippen LogP contribution in [0.3, 0.4) is 0 Å². The fourth-order valence-corrected chi connectivity index (χ4v) is 2.73. The van der Waals surface area contributed by atoms with E-state index in [-0.39, 0.29) is 17.4 Å². The van der Waals surface area contributed by atoms with E-state index in [1.807, 2.05) is 0 Å². The van der Waals surface area contributed by atoms with Gasteiger partial charge in [-0.1, -0.05) is 11.6 Å². The molecular formula is C12H7BrClFO2S. The van der Waals surface area contributed by atoms with Crippen molar-refractivity contribution in [1.82, 2.24) is 0 Å². The summed E-state index contributed by atoms with van der Waals surface area (Å²) >= 11 is 10.2. The maximum atomic E-state index is 12.9. The van der Waals surface area contributed by atoms with Gasteiger partial charge in [-0.25, -0.2) is 4.39 Å². The SMILES string of the molecule is O=C(COc1ccc(F)c(Cl)c1)c1ccc(Br)s1. The minimum absolute atomic E-state index is 0.0289. The average Bonchev–Trinajstić information content (AvgIpc) is 2.77. The zero-order valence-electron chi connectivity index (χ0n) is 8.95. The minimum Gasteiger partial charge on any atom is -0.485 e. The number of carbonyl (C=O) groups excluding carboxylic acids is 1. The van der Waals surface area contributed by atoms with E-state index in [0.29, 0.717) is 10.6 Å². The highest BCUT2D eigenvalue weighted by Crippen LogP contribution is 2.24. The summed E-state index contributed by atoms with van der Waals surface area (Å²) in [5.74, 6) is -0.283. The number of hydrogen-bond acceptors (Lipinski definition) is 3. The normalized spacial score (nSPS) is 10.4. The van der Waals surface area contributed by atoms with Crippen LogP contribution in [0.1, 0.15) is 9.67 Å². The lowest BCUT2D eigenvalue weighted by molar-refractivity contribution is 0.0925. The van der Waals surface area contributed by atoms with Crippen molar-refractivity contribution in [2.24, 2.45) is 0 Å². The monoisotopic (exact) mass is 348 g/mol. The number of rotatable bonds is 4. The molecule has 0 saturated carbocycles. The Hall–Kier alpha value is -0.910. The van der Waals surface area contributed by atoms with Crippen LogP contribution < -0.4 is 4.74 Å². The van der Waals surface area contributed by atoms with Crippen molar-refractivity contribution in [3.8, 4) is 5.75 Å². The molecule has 0 aliphatic rings. The van der Waals surface area contributed by atoms with E-state index in [4.69, 9.17) is 16.3 Å². The van der Waals surface area contributed by atoms with Gasteiger partial charge in [-0.3, -0.25) is 4.79 Å². The third-order valence-corrected chi connectivity index (χ3v) is 4.06. The average molecular weight is 350 g/mol.